The van der Waals surface area contributed by atoms with Crippen molar-refractivity contribution in [2.75, 3.05) is 0 Å². The maximum Gasteiger partial charge on any atom is 0.0930 e. The molecule has 0 spiro atoms. The highest BCUT2D eigenvalue weighted by Gasteiger charge is 2.18. The maximum absolute atomic E-state index is 4.60. The third-order valence-corrected chi connectivity index (χ3v) is 6.72. The normalized spacial score (nSPS) is 11.9. The van der Waals surface area contributed by atoms with Crippen molar-refractivity contribution in [2.24, 2.45) is 0 Å². The SMILES string of the molecule is CC(C)(C)c1ccc(-c2cc(-c3ccc(-c4ccccc4)cc3)cc(-c3ccc(C(C)(C)C)nn3)c2)nn1. The topological polar surface area (TPSA) is 51.6 Å². The van der Waals surface area contributed by atoms with Crippen molar-refractivity contribution >= 4 is 0 Å². The summed E-state index contributed by atoms with van der Waals surface area (Å²) in [6.07, 6.45) is 0. The summed E-state index contributed by atoms with van der Waals surface area (Å²) >= 11 is 0. The van der Waals surface area contributed by atoms with E-state index in [0.29, 0.717) is 0 Å². The molecule has 3 aromatic carbocycles. The van der Waals surface area contributed by atoms with E-state index >= 15 is 0 Å². The largest absolute Gasteiger partial charge is 0.154 e. The van der Waals surface area contributed by atoms with Crippen LogP contribution < -0.4 is 0 Å². The van der Waals surface area contributed by atoms with Crippen molar-refractivity contribution in [2.45, 2.75) is 52.4 Å². The standard InChI is InChI=1S/C34H34N4/c1-33(2,3)31-18-16-29(35-37-31)27-20-26(25-14-12-24(13-15-25)23-10-8-7-9-11-23)21-28(22-27)30-17-19-32(38-36-30)34(4,5)6/h7-22H,1-6H3. The summed E-state index contributed by atoms with van der Waals surface area (Å²) in [6.45, 7) is 12.9. The van der Waals surface area contributed by atoms with Gasteiger partial charge in [0.15, 0.2) is 0 Å². The van der Waals surface area contributed by atoms with Crippen LogP contribution in [0.4, 0.5) is 0 Å². The molecule has 4 nitrogen and oxygen atoms in total. The van der Waals surface area contributed by atoms with Crippen LogP contribution in [0.3, 0.4) is 0 Å². The van der Waals surface area contributed by atoms with E-state index in [4.69, 9.17) is 0 Å². The third kappa shape index (κ3) is 5.55. The van der Waals surface area contributed by atoms with Crippen LogP contribution in [0.2, 0.25) is 0 Å². The molecule has 2 heterocycles. The van der Waals surface area contributed by atoms with Gasteiger partial charge in [0.1, 0.15) is 0 Å². The van der Waals surface area contributed by atoms with Gasteiger partial charge in [0.05, 0.1) is 22.8 Å². The lowest BCUT2D eigenvalue weighted by Gasteiger charge is -2.17. The van der Waals surface area contributed by atoms with Crippen LogP contribution in [0.5, 0.6) is 0 Å². The van der Waals surface area contributed by atoms with Crippen LogP contribution in [0.25, 0.3) is 44.8 Å². The maximum atomic E-state index is 4.60. The molecule has 38 heavy (non-hydrogen) atoms. The van der Waals surface area contributed by atoms with Crippen molar-refractivity contribution < 1.29 is 0 Å². The van der Waals surface area contributed by atoms with Crippen LogP contribution >= 0.6 is 0 Å². The van der Waals surface area contributed by atoms with Gasteiger partial charge in [-0.25, -0.2) is 0 Å². The number of nitrogens with zero attached hydrogens (tertiary/aromatic N) is 4. The van der Waals surface area contributed by atoms with Crippen LogP contribution in [0, 0.1) is 0 Å². The molecule has 0 fully saturated rings. The van der Waals surface area contributed by atoms with Crippen molar-refractivity contribution in [1.29, 1.82) is 0 Å². The Hall–Kier alpha value is -4.18. The second-order valence-corrected chi connectivity index (χ2v) is 11.9. The highest BCUT2D eigenvalue weighted by molar-refractivity contribution is 5.80. The summed E-state index contributed by atoms with van der Waals surface area (Å²) in [6, 6.07) is 33.9. The predicted octanol–water partition coefficient (Wildman–Crippen LogP) is 8.53. The van der Waals surface area contributed by atoms with E-state index in [1.807, 2.05) is 6.07 Å². The molecule has 5 aromatic rings. The first kappa shape index (κ1) is 25.5. The Bertz CT molecular complexity index is 1450. The molecule has 0 unspecified atom stereocenters. The summed E-state index contributed by atoms with van der Waals surface area (Å²) in [7, 11) is 0. The van der Waals surface area contributed by atoms with E-state index < -0.39 is 0 Å². The molecule has 0 N–H and O–H groups in total. The number of hydrogen-bond acceptors (Lipinski definition) is 4. The number of benzene rings is 3. The molecule has 0 radical (unpaired) electrons. The first-order valence-corrected chi connectivity index (χ1v) is 13.1. The van der Waals surface area contributed by atoms with Gasteiger partial charge < -0.3 is 0 Å². The summed E-state index contributed by atoms with van der Waals surface area (Å²) in [5, 5.41) is 18.3. The van der Waals surface area contributed by atoms with Crippen molar-refractivity contribution in [3.8, 4) is 44.8 Å². The van der Waals surface area contributed by atoms with Gasteiger partial charge in [-0.15, -0.1) is 0 Å². The molecule has 0 bridgehead atoms. The highest BCUT2D eigenvalue weighted by atomic mass is 15.1. The minimum atomic E-state index is -0.0522. The van der Waals surface area contributed by atoms with Gasteiger partial charge in [0.25, 0.3) is 0 Å². The zero-order valence-corrected chi connectivity index (χ0v) is 23.0. The molecular weight excluding hydrogens is 464 g/mol. The van der Waals surface area contributed by atoms with Gasteiger partial charge >= 0.3 is 0 Å². The fourth-order valence-corrected chi connectivity index (χ4v) is 4.35. The zero-order valence-electron chi connectivity index (χ0n) is 23.0. The second-order valence-electron chi connectivity index (χ2n) is 11.9. The lowest BCUT2D eigenvalue weighted by molar-refractivity contribution is 0.559. The molecular formula is C34H34N4. The minimum absolute atomic E-state index is 0.0522. The predicted molar refractivity (Wildman–Crippen MR) is 157 cm³/mol. The van der Waals surface area contributed by atoms with E-state index in [1.165, 1.54) is 11.1 Å². The lowest BCUT2D eigenvalue weighted by atomic mass is 9.91. The first-order valence-electron chi connectivity index (χ1n) is 13.1. The van der Waals surface area contributed by atoms with Gasteiger partial charge in [-0.2, -0.15) is 20.4 Å². The first-order chi connectivity index (χ1) is 18.1. The molecule has 0 aliphatic rings. The van der Waals surface area contributed by atoms with Gasteiger partial charge in [-0.1, -0.05) is 96.1 Å². The lowest BCUT2D eigenvalue weighted by Crippen LogP contribution is -2.14. The fourth-order valence-electron chi connectivity index (χ4n) is 4.35. The van der Waals surface area contributed by atoms with E-state index in [-0.39, 0.29) is 10.8 Å². The quantitative estimate of drug-likeness (QED) is 0.249. The van der Waals surface area contributed by atoms with Crippen LogP contribution in [-0.4, -0.2) is 20.4 Å². The third-order valence-electron chi connectivity index (χ3n) is 6.72. The summed E-state index contributed by atoms with van der Waals surface area (Å²) < 4.78 is 0. The van der Waals surface area contributed by atoms with Crippen LogP contribution in [-0.2, 0) is 10.8 Å². The second kappa shape index (κ2) is 9.94. The molecule has 0 aliphatic heterocycles. The summed E-state index contributed by atoms with van der Waals surface area (Å²) in [4.78, 5) is 0. The average molecular weight is 499 g/mol. The van der Waals surface area contributed by atoms with Gasteiger partial charge in [0, 0.05) is 22.0 Å². The highest BCUT2D eigenvalue weighted by Crippen LogP contribution is 2.33. The number of aromatic nitrogens is 4. The molecule has 0 aliphatic carbocycles. The molecule has 0 saturated heterocycles. The Morgan fingerprint density at radius 3 is 1.16 bits per heavy atom. The van der Waals surface area contributed by atoms with Crippen LogP contribution in [0.15, 0.2) is 97.1 Å². The fraction of sp³-hybridized carbons (Fsp3) is 0.235. The monoisotopic (exact) mass is 498 g/mol. The zero-order chi connectivity index (χ0) is 26.9. The Morgan fingerprint density at radius 2 is 0.763 bits per heavy atom. The number of rotatable bonds is 4. The van der Waals surface area contributed by atoms with E-state index in [2.05, 4.69) is 153 Å². The minimum Gasteiger partial charge on any atom is -0.154 e. The molecule has 4 heteroatoms. The average Bonchev–Trinajstić information content (AvgIpc) is 2.92. The number of hydrogen-bond donors (Lipinski definition) is 0. The van der Waals surface area contributed by atoms with Crippen molar-refractivity contribution in [3.63, 3.8) is 0 Å². The van der Waals surface area contributed by atoms with E-state index in [1.54, 1.807) is 0 Å². The molecule has 190 valence electrons. The summed E-state index contributed by atoms with van der Waals surface area (Å²) in [5.74, 6) is 0. The van der Waals surface area contributed by atoms with Gasteiger partial charge in [-0.05, 0) is 64.7 Å². The molecule has 0 amide bonds. The van der Waals surface area contributed by atoms with Gasteiger partial charge in [0.2, 0.25) is 0 Å². The van der Waals surface area contributed by atoms with Crippen molar-refractivity contribution in [3.05, 3.63) is 108 Å². The Morgan fingerprint density at radius 1 is 0.368 bits per heavy atom. The summed E-state index contributed by atoms with van der Waals surface area (Å²) in [5.41, 5.74) is 10.1. The molecule has 0 saturated carbocycles. The van der Waals surface area contributed by atoms with Crippen molar-refractivity contribution in [1.82, 2.24) is 20.4 Å². The smallest absolute Gasteiger partial charge is 0.0930 e. The Labute approximate surface area is 225 Å². The molecule has 2 aromatic heterocycles. The molecule has 5 rings (SSSR count). The molecule has 0 atom stereocenters. The Balaban J connectivity index is 1.59. The van der Waals surface area contributed by atoms with Gasteiger partial charge in [-0.3, -0.25) is 0 Å². The van der Waals surface area contributed by atoms with E-state index in [0.717, 1.165) is 45.0 Å². The van der Waals surface area contributed by atoms with E-state index in [9.17, 15) is 0 Å². The Kier molecular flexibility index (Phi) is 6.66. The van der Waals surface area contributed by atoms with Crippen LogP contribution in [0.1, 0.15) is 52.9 Å².